The fourth-order valence-electron chi connectivity index (χ4n) is 1.96. The molecule has 0 bridgehead atoms. The highest BCUT2D eigenvalue weighted by Crippen LogP contribution is 2.21. The van der Waals surface area contributed by atoms with E-state index in [0.717, 1.165) is 5.69 Å². The lowest BCUT2D eigenvalue weighted by Gasteiger charge is -2.08. The van der Waals surface area contributed by atoms with Crippen LogP contribution in [0.3, 0.4) is 0 Å². The van der Waals surface area contributed by atoms with E-state index < -0.39 is 5.91 Å². The normalized spacial score (nSPS) is 10.4. The van der Waals surface area contributed by atoms with Crippen molar-refractivity contribution in [3.05, 3.63) is 59.6 Å². The number of thioether (sulfide) groups is 1. The molecule has 0 saturated carbocycles. The second kappa shape index (κ2) is 7.86. The topological polar surface area (TPSA) is 105 Å². The Bertz CT molecular complexity index is 880. The van der Waals surface area contributed by atoms with Crippen LogP contribution < -0.4 is 10.9 Å². The van der Waals surface area contributed by atoms with E-state index in [-0.39, 0.29) is 11.7 Å². The molecule has 0 aliphatic heterocycles. The van der Waals surface area contributed by atoms with E-state index >= 15 is 0 Å². The Morgan fingerprint density at radius 2 is 2.12 bits per heavy atom. The number of hydrazine groups is 1. The Morgan fingerprint density at radius 1 is 1.24 bits per heavy atom. The summed E-state index contributed by atoms with van der Waals surface area (Å²) < 4.78 is 1.72. The molecule has 0 aliphatic carbocycles. The third-order valence-electron chi connectivity index (χ3n) is 3.09. The minimum absolute atomic E-state index is 0.0598. The van der Waals surface area contributed by atoms with Gasteiger partial charge in [0.05, 0.1) is 11.4 Å². The van der Waals surface area contributed by atoms with Gasteiger partial charge in [0.15, 0.2) is 5.16 Å². The van der Waals surface area contributed by atoms with Crippen molar-refractivity contribution in [1.29, 1.82) is 0 Å². The Labute approximate surface area is 151 Å². The highest BCUT2D eigenvalue weighted by Gasteiger charge is 2.12. The van der Waals surface area contributed by atoms with Gasteiger partial charge in [0, 0.05) is 11.2 Å². The van der Waals surface area contributed by atoms with Crippen molar-refractivity contribution in [2.45, 2.75) is 5.16 Å². The highest BCUT2D eigenvalue weighted by molar-refractivity contribution is 7.99. The molecule has 3 aromatic rings. The predicted octanol–water partition coefficient (Wildman–Crippen LogP) is 1.80. The van der Waals surface area contributed by atoms with Crippen LogP contribution in [0.1, 0.15) is 10.5 Å². The number of nitrogens with zero attached hydrogens (tertiary/aromatic N) is 3. The zero-order chi connectivity index (χ0) is 17.6. The van der Waals surface area contributed by atoms with Gasteiger partial charge in [0.25, 0.3) is 5.91 Å². The summed E-state index contributed by atoms with van der Waals surface area (Å²) in [4.78, 5) is 26.3. The number of hydrogen-bond acceptors (Lipinski definition) is 5. The summed E-state index contributed by atoms with van der Waals surface area (Å²) in [5.41, 5.74) is 5.82. The quantitative estimate of drug-likeness (QED) is 0.465. The standard InChI is InChI=1S/C15H13ClN6O2S/c16-10-3-1-4-11(7-10)22-9-18-21-15(22)25-8-13(23)19-20-14(24)12-5-2-6-17-12/h1-7,9,17H,8H2,(H,19,23)(H,20,24). The molecule has 0 fully saturated rings. The van der Waals surface area contributed by atoms with Crippen LogP contribution in [0, 0.1) is 0 Å². The van der Waals surface area contributed by atoms with E-state index in [1.54, 1.807) is 41.4 Å². The average Bonchev–Trinajstić information content (AvgIpc) is 3.29. The number of carbonyl (C=O) groups is 2. The van der Waals surface area contributed by atoms with Gasteiger partial charge in [-0.1, -0.05) is 29.4 Å². The monoisotopic (exact) mass is 376 g/mol. The Morgan fingerprint density at radius 3 is 2.88 bits per heavy atom. The molecule has 2 heterocycles. The van der Waals surface area contributed by atoms with Gasteiger partial charge in [-0.2, -0.15) is 0 Å². The molecule has 1 aromatic carbocycles. The number of carbonyl (C=O) groups excluding carboxylic acids is 2. The first kappa shape index (κ1) is 17.1. The third kappa shape index (κ3) is 4.40. The van der Waals surface area contributed by atoms with Crippen molar-refractivity contribution < 1.29 is 9.59 Å². The second-order valence-corrected chi connectivity index (χ2v) is 6.22. The maximum absolute atomic E-state index is 11.9. The number of aromatic nitrogens is 4. The van der Waals surface area contributed by atoms with Gasteiger partial charge >= 0.3 is 0 Å². The SMILES string of the molecule is O=C(CSc1nncn1-c1cccc(Cl)c1)NNC(=O)c1ccc[nH]1. The minimum Gasteiger partial charge on any atom is -0.357 e. The minimum atomic E-state index is -0.426. The molecule has 0 saturated heterocycles. The van der Waals surface area contributed by atoms with Crippen LogP contribution in [-0.4, -0.2) is 37.3 Å². The molecular formula is C15H13ClN6O2S. The van der Waals surface area contributed by atoms with E-state index in [9.17, 15) is 9.59 Å². The first-order valence-electron chi connectivity index (χ1n) is 7.15. The van der Waals surface area contributed by atoms with Gasteiger partial charge in [0.1, 0.15) is 12.0 Å². The van der Waals surface area contributed by atoms with E-state index in [2.05, 4.69) is 26.0 Å². The van der Waals surface area contributed by atoms with E-state index in [4.69, 9.17) is 11.6 Å². The fourth-order valence-corrected chi connectivity index (χ4v) is 2.87. The van der Waals surface area contributed by atoms with E-state index in [1.165, 1.54) is 11.8 Å². The smallest absolute Gasteiger partial charge is 0.286 e. The summed E-state index contributed by atoms with van der Waals surface area (Å²) in [5.74, 6) is -0.736. The van der Waals surface area contributed by atoms with Crippen LogP contribution in [0.25, 0.3) is 5.69 Å². The summed E-state index contributed by atoms with van der Waals surface area (Å²) in [6.07, 6.45) is 3.16. The van der Waals surface area contributed by atoms with Crippen molar-refractivity contribution in [3.8, 4) is 5.69 Å². The molecule has 3 rings (SSSR count). The summed E-state index contributed by atoms with van der Waals surface area (Å²) >= 11 is 7.17. The van der Waals surface area contributed by atoms with Gasteiger partial charge in [-0.25, -0.2) is 0 Å². The van der Waals surface area contributed by atoms with Crippen LogP contribution in [0.15, 0.2) is 54.1 Å². The fraction of sp³-hybridized carbons (Fsp3) is 0.0667. The number of nitrogens with one attached hydrogen (secondary N) is 3. The lowest BCUT2D eigenvalue weighted by atomic mass is 10.3. The molecule has 128 valence electrons. The zero-order valence-electron chi connectivity index (χ0n) is 12.8. The van der Waals surface area contributed by atoms with Crippen LogP contribution in [-0.2, 0) is 4.79 Å². The van der Waals surface area contributed by atoms with Gasteiger partial charge in [0.2, 0.25) is 5.91 Å². The van der Waals surface area contributed by atoms with E-state index in [1.807, 2.05) is 12.1 Å². The summed E-state index contributed by atoms with van der Waals surface area (Å²) in [7, 11) is 0. The lowest BCUT2D eigenvalue weighted by Crippen LogP contribution is -2.42. The lowest BCUT2D eigenvalue weighted by molar-refractivity contribution is -0.119. The molecule has 25 heavy (non-hydrogen) atoms. The van der Waals surface area contributed by atoms with Crippen molar-refractivity contribution in [3.63, 3.8) is 0 Å². The molecular weight excluding hydrogens is 364 g/mol. The summed E-state index contributed by atoms with van der Waals surface area (Å²) in [5, 5.41) is 8.97. The summed E-state index contributed by atoms with van der Waals surface area (Å²) in [6, 6.07) is 10.5. The predicted molar refractivity (Wildman–Crippen MR) is 93.5 cm³/mol. The number of halogens is 1. The molecule has 8 nitrogen and oxygen atoms in total. The Kier molecular flexibility index (Phi) is 5.36. The number of benzene rings is 1. The largest absolute Gasteiger partial charge is 0.357 e. The molecule has 0 unspecified atom stereocenters. The maximum Gasteiger partial charge on any atom is 0.286 e. The number of amides is 2. The number of aromatic amines is 1. The number of rotatable bonds is 5. The Hall–Kier alpha value is -2.78. The molecule has 0 atom stereocenters. The van der Waals surface area contributed by atoms with Gasteiger partial charge in [-0.3, -0.25) is 25.0 Å². The van der Waals surface area contributed by atoms with Crippen molar-refractivity contribution in [2.24, 2.45) is 0 Å². The molecule has 0 spiro atoms. The molecule has 10 heteroatoms. The van der Waals surface area contributed by atoms with Crippen molar-refractivity contribution in [2.75, 3.05) is 5.75 Å². The summed E-state index contributed by atoms with van der Waals surface area (Å²) in [6.45, 7) is 0. The maximum atomic E-state index is 11.9. The van der Waals surface area contributed by atoms with Crippen molar-refractivity contribution >= 4 is 35.2 Å². The average molecular weight is 377 g/mol. The highest BCUT2D eigenvalue weighted by atomic mass is 35.5. The van der Waals surface area contributed by atoms with Crippen LogP contribution >= 0.6 is 23.4 Å². The molecule has 0 aliphatic rings. The number of H-pyrrole nitrogens is 1. The van der Waals surface area contributed by atoms with Gasteiger partial charge in [-0.15, -0.1) is 10.2 Å². The number of hydrogen-bond donors (Lipinski definition) is 3. The zero-order valence-corrected chi connectivity index (χ0v) is 14.3. The van der Waals surface area contributed by atoms with E-state index in [0.29, 0.717) is 15.9 Å². The molecule has 2 aromatic heterocycles. The van der Waals surface area contributed by atoms with Crippen LogP contribution in [0.5, 0.6) is 0 Å². The van der Waals surface area contributed by atoms with Crippen molar-refractivity contribution in [1.82, 2.24) is 30.6 Å². The Balaban J connectivity index is 1.55. The first-order valence-corrected chi connectivity index (χ1v) is 8.51. The van der Waals surface area contributed by atoms with Gasteiger partial charge in [-0.05, 0) is 30.3 Å². The molecule has 0 radical (unpaired) electrons. The molecule has 3 N–H and O–H groups in total. The van der Waals surface area contributed by atoms with Crippen LogP contribution in [0.4, 0.5) is 0 Å². The first-order chi connectivity index (χ1) is 12.1. The molecule has 2 amide bonds. The van der Waals surface area contributed by atoms with Crippen LogP contribution in [0.2, 0.25) is 5.02 Å². The van der Waals surface area contributed by atoms with Gasteiger partial charge < -0.3 is 4.98 Å². The third-order valence-corrected chi connectivity index (χ3v) is 4.27. The second-order valence-electron chi connectivity index (χ2n) is 4.84.